The highest BCUT2D eigenvalue weighted by atomic mass is 35.5. The smallest absolute Gasteiger partial charge is 0.289 e. The summed E-state index contributed by atoms with van der Waals surface area (Å²) in [6, 6.07) is 13.1. The number of likely N-dealkylation sites (tertiary alicyclic amines) is 1. The molecule has 1 aliphatic rings. The van der Waals surface area contributed by atoms with Crippen LogP contribution in [-0.4, -0.2) is 39.0 Å². The van der Waals surface area contributed by atoms with Crippen molar-refractivity contribution >= 4 is 28.9 Å². The minimum Gasteiger partial charge on any atom is -0.339 e. The number of carbonyl (C=O) groups is 1. The second-order valence-corrected chi connectivity index (χ2v) is 8.15. The molecule has 166 valence electrons. The van der Waals surface area contributed by atoms with Crippen molar-refractivity contribution in [3.05, 3.63) is 80.9 Å². The molecule has 4 rings (SSSR count). The van der Waals surface area contributed by atoms with Crippen LogP contribution in [0, 0.1) is 17.0 Å². The number of nitro benzene ring substituents is 1. The van der Waals surface area contributed by atoms with Gasteiger partial charge in [-0.1, -0.05) is 47.1 Å². The Kier molecular flexibility index (Phi) is 6.48. The molecule has 9 nitrogen and oxygen atoms in total. The number of nitrogens with one attached hydrogen (secondary N) is 1. The number of hydrogen-bond donors (Lipinski definition) is 1. The van der Waals surface area contributed by atoms with E-state index >= 15 is 0 Å². The van der Waals surface area contributed by atoms with Gasteiger partial charge in [-0.3, -0.25) is 19.8 Å². The van der Waals surface area contributed by atoms with Crippen molar-refractivity contribution in [3.63, 3.8) is 0 Å². The molecule has 2 aromatic carbocycles. The number of rotatable bonds is 6. The van der Waals surface area contributed by atoms with Gasteiger partial charge < -0.3 is 9.84 Å². The number of hydrogen-bond acceptors (Lipinski definition) is 7. The lowest BCUT2D eigenvalue weighted by Crippen LogP contribution is -2.42. The number of aryl methyl sites for hydroxylation is 1. The quantitative estimate of drug-likeness (QED) is 0.429. The third-order valence-electron chi connectivity index (χ3n) is 5.48. The van der Waals surface area contributed by atoms with Crippen LogP contribution >= 0.6 is 11.6 Å². The van der Waals surface area contributed by atoms with Crippen molar-refractivity contribution in [2.24, 2.45) is 0 Å². The first-order chi connectivity index (χ1) is 15.4. The molecule has 2 unspecified atom stereocenters. The molecule has 1 N–H and O–H groups in total. The number of halogens is 1. The Morgan fingerprint density at radius 3 is 2.78 bits per heavy atom. The molecule has 0 bridgehead atoms. The third kappa shape index (κ3) is 4.79. The van der Waals surface area contributed by atoms with Gasteiger partial charge in [0.25, 0.3) is 5.69 Å². The van der Waals surface area contributed by atoms with Gasteiger partial charge in [-0.2, -0.15) is 4.98 Å². The molecule has 0 saturated carbocycles. The molecule has 3 aromatic rings. The van der Waals surface area contributed by atoms with Gasteiger partial charge in [-0.15, -0.1) is 0 Å². The number of carbonyl (C=O) groups excluding carboxylic acids is 1. The summed E-state index contributed by atoms with van der Waals surface area (Å²) in [5.41, 5.74) is 0.884. The molecule has 0 aliphatic carbocycles. The number of aromatic nitrogens is 2. The van der Waals surface area contributed by atoms with Crippen molar-refractivity contribution in [2.75, 3.05) is 18.4 Å². The maximum Gasteiger partial charge on any atom is 0.289 e. The van der Waals surface area contributed by atoms with Crippen molar-refractivity contribution in [2.45, 2.75) is 31.7 Å². The Morgan fingerprint density at radius 2 is 2.09 bits per heavy atom. The van der Waals surface area contributed by atoms with Crippen LogP contribution in [0.1, 0.15) is 42.1 Å². The Bertz CT molecular complexity index is 1120. The molecule has 0 radical (unpaired) electrons. The summed E-state index contributed by atoms with van der Waals surface area (Å²) < 4.78 is 5.38. The first kappa shape index (κ1) is 21.9. The molecule has 1 fully saturated rings. The molecule has 2 atom stereocenters. The molecule has 1 aliphatic heterocycles. The van der Waals surface area contributed by atoms with Gasteiger partial charge in [0.1, 0.15) is 11.1 Å². The number of nitrogens with zero attached hydrogens (tertiary/aromatic N) is 4. The first-order valence-corrected chi connectivity index (χ1v) is 10.6. The molecule has 32 heavy (non-hydrogen) atoms. The molecule has 1 amide bonds. The van der Waals surface area contributed by atoms with Crippen molar-refractivity contribution in [1.29, 1.82) is 0 Å². The summed E-state index contributed by atoms with van der Waals surface area (Å²) in [6.07, 6.45) is 1.76. The fourth-order valence-electron chi connectivity index (χ4n) is 4.03. The van der Waals surface area contributed by atoms with E-state index in [4.69, 9.17) is 16.1 Å². The van der Waals surface area contributed by atoms with E-state index in [0.717, 1.165) is 24.9 Å². The summed E-state index contributed by atoms with van der Waals surface area (Å²) in [4.78, 5) is 30.5. The zero-order chi connectivity index (χ0) is 22.7. The van der Waals surface area contributed by atoms with E-state index in [1.165, 1.54) is 12.1 Å². The van der Waals surface area contributed by atoms with Crippen molar-refractivity contribution < 1.29 is 14.2 Å². The number of anilines is 1. The largest absolute Gasteiger partial charge is 0.339 e. The van der Waals surface area contributed by atoms with E-state index < -0.39 is 11.0 Å². The fourth-order valence-corrected chi connectivity index (χ4v) is 4.21. The normalized spacial score (nSPS) is 17.6. The van der Waals surface area contributed by atoms with Crippen molar-refractivity contribution in [3.8, 4) is 0 Å². The van der Waals surface area contributed by atoms with Crippen LogP contribution in [0.2, 0.25) is 5.02 Å². The van der Waals surface area contributed by atoms with E-state index in [9.17, 15) is 14.9 Å². The van der Waals surface area contributed by atoms with Crippen LogP contribution in [0.3, 0.4) is 0 Å². The maximum atomic E-state index is 13.4. The van der Waals surface area contributed by atoms with Gasteiger partial charge in [0.15, 0.2) is 5.82 Å². The van der Waals surface area contributed by atoms with Gasteiger partial charge in [-0.25, -0.2) is 0 Å². The van der Waals surface area contributed by atoms with Crippen LogP contribution in [0.25, 0.3) is 0 Å². The number of benzene rings is 2. The van der Waals surface area contributed by atoms with E-state index in [-0.39, 0.29) is 22.5 Å². The molecule has 2 heterocycles. The summed E-state index contributed by atoms with van der Waals surface area (Å²) in [5.74, 6) is 0.905. The van der Waals surface area contributed by atoms with Gasteiger partial charge in [0, 0.05) is 18.3 Å². The van der Waals surface area contributed by atoms with Crippen LogP contribution < -0.4 is 5.32 Å². The molecule has 1 aromatic heterocycles. The second kappa shape index (κ2) is 9.46. The first-order valence-electron chi connectivity index (χ1n) is 10.3. The third-order valence-corrected chi connectivity index (χ3v) is 5.80. The zero-order valence-electron chi connectivity index (χ0n) is 17.4. The Morgan fingerprint density at radius 1 is 1.31 bits per heavy atom. The predicted octanol–water partition coefficient (Wildman–Crippen LogP) is 4.50. The number of amides is 1. The SMILES string of the molecule is Cc1noc(C2CCCN(C(C(=O)Nc3ccc(Cl)c([N+](=O)[O-])c3)c3ccccc3)C2)n1. The molecule has 1 saturated heterocycles. The summed E-state index contributed by atoms with van der Waals surface area (Å²) in [5, 5.41) is 17.9. The Hall–Kier alpha value is -3.30. The fraction of sp³-hybridized carbons (Fsp3) is 0.318. The lowest BCUT2D eigenvalue weighted by atomic mass is 9.94. The molecule has 0 spiro atoms. The highest BCUT2D eigenvalue weighted by Gasteiger charge is 2.34. The number of nitro groups is 1. The topological polar surface area (TPSA) is 114 Å². The van der Waals surface area contributed by atoms with Crippen LogP contribution in [0.15, 0.2) is 53.1 Å². The van der Waals surface area contributed by atoms with E-state index in [1.807, 2.05) is 30.3 Å². The predicted molar refractivity (Wildman–Crippen MR) is 119 cm³/mol. The van der Waals surface area contributed by atoms with Crippen LogP contribution in [-0.2, 0) is 4.79 Å². The Balaban J connectivity index is 1.60. The lowest BCUT2D eigenvalue weighted by molar-refractivity contribution is -0.384. The van der Waals surface area contributed by atoms with E-state index in [1.54, 1.807) is 13.0 Å². The average molecular weight is 456 g/mol. The summed E-state index contributed by atoms with van der Waals surface area (Å²) in [6.45, 7) is 3.08. The van der Waals surface area contributed by atoms with Crippen LogP contribution in [0.5, 0.6) is 0 Å². The minimum atomic E-state index is -0.585. The highest BCUT2D eigenvalue weighted by molar-refractivity contribution is 6.32. The lowest BCUT2D eigenvalue weighted by Gasteiger charge is -2.36. The highest BCUT2D eigenvalue weighted by Crippen LogP contribution is 2.33. The van der Waals surface area contributed by atoms with Crippen molar-refractivity contribution in [1.82, 2.24) is 15.0 Å². The summed E-state index contributed by atoms with van der Waals surface area (Å²) >= 11 is 5.90. The molecular weight excluding hydrogens is 434 g/mol. The van der Waals surface area contributed by atoms with Gasteiger partial charge in [-0.05, 0) is 44.0 Å². The Labute approximate surface area is 189 Å². The standard InChI is InChI=1S/C22H22ClN5O4/c1-14-24-22(32-26-14)16-8-5-11-27(13-16)20(15-6-3-2-4-7-15)21(29)25-17-9-10-18(23)19(12-17)28(30)31/h2-4,6-7,9-10,12,16,20H,5,8,11,13H2,1H3,(H,25,29). The minimum absolute atomic E-state index is 0.0151. The average Bonchev–Trinajstić information content (AvgIpc) is 3.22. The van der Waals surface area contributed by atoms with Gasteiger partial charge in [0.2, 0.25) is 11.8 Å². The van der Waals surface area contributed by atoms with E-state index in [0.29, 0.717) is 23.9 Å². The summed E-state index contributed by atoms with van der Waals surface area (Å²) in [7, 11) is 0. The monoisotopic (exact) mass is 455 g/mol. The van der Waals surface area contributed by atoms with E-state index in [2.05, 4.69) is 20.4 Å². The van der Waals surface area contributed by atoms with Gasteiger partial charge in [0.05, 0.1) is 10.8 Å². The second-order valence-electron chi connectivity index (χ2n) is 7.74. The zero-order valence-corrected chi connectivity index (χ0v) is 18.2. The molecule has 10 heteroatoms. The maximum absolute atomic E-state index is 13.4. The van der Waals surface area contributed by atoms with Crippen LogP contribution in [0.4, 0.5) is 11.4 Å². The molecular formula is C22H22ClN5O4. The van der Waals surface area contributed by atoms with Gasteiger partial charge >= 0.3 is 0 Å². The number of piperidine rings is 1.